The van der Waals surface area contributed by atoms with Crippen LogP contribution in [0.15, 0.2) is 18.2 Å². The fourth-order valence-electron chi connectivity index (χ4n) is 2.42. The molecule has 100 valence electrons. The number of amides is 1. The first-order chi connectivity index (χ1) is 9.11. The number of rotatable bonds is 3. The third-order valence-corrected chi connectivity index (χ3v) is 3.87. The highest BCUT2D eigenvalue weighted by atomic mass is 35.5. The Morgan fingerprint density at radius 1 is 1.63 bits per heavy atom. The molecule has 1 aliphatic rings. The summed E-state index contributed by atoms with van der Waals surface area (Å²) in [4.78, 5) is 12.4. The van der Waals surface area contributed by atoms with E-state index >= 15 is 0 Å². The second-order valence-corrected chi connectivity index (χ2v) is 5.16. The molecule has 19 heavy (non-hydrogen) atoms. The lowest BCUT2D eigenvalue weighted by Gasteiger charge is -2.26. The van der Waals surface area contributed by atoms with Gasteiger partial charge in [-0.3, -0.25) is 4.79 Å². The minimum atomic E-state index is -0.519. The van der Waals surface area contributed by atoms with E-state index in [9.17, 15) is 4.79 Å². The maximum absolute atomic E-state index is 12.4. The molecule has 0 aliphatic carbocycles. The van der Waals surface area contributed by atoms with Gasteiger partial charge in [0.1, 0.15) is 6.07 Å². The van der Waals surface area contributed by atoms with Crippen LogP contribution in [0.4, 0.5) is 5.69 Å². The molecule has 4 nitrogen and oxygen atoms in total. The van der Waals surface area contributed by atoms with Crippen LogP contribution in [0.2, 0.25) is 5.02 Å². The van der Waals surface area contributed by atoms with Gasteiger partial charge in [0.05, 0.1) is 16.8 Å². The van der Waals surface area contributed by atoms with Gasteiger partial charge >= 0.3 is 0 Å². The number of carbonyl (C=O) groups excluding carboxylic acids is 1. The van der Waals surface area contributed by atoms with Crippen LogP contribution < -0.4 is 10.6 Å². The highest BCUT2D eigenvalue weighted by Gasteiger charge is 2.39. The molecular formula is C14H16ClN3O. The Kier molecular flexibility index (Phi) is 4.08. The van der Waals surface area contributed by atoms with Crippen LogP contribution in [0.3, 0.4) is 0 Å². The van der Waals surface area contributed by atoms with Crippen LogP contribution in [0, 0.1) is 11.3 Å². The van der Waals surface area contributed by atoms with E-state index in [0.29, 0.717) is 16.3 Å². The molecule has 1 aliphatic heterocycles. The quantitative estimate of drug-likeness (QED) is 0.893. The lowest BCUT2D eigenvalue weighted by molar-refractivity contribution is -0.122. The Bertz CT molecular complexity index is 530. The van der Waals surface area contributed by atoms with Gasteiger partial charge in [-0.15, -0.1) is 0 Å². The Morgan fingerprint density at radius 2 is 2.42 bits per heavy atom. The van der Waals surface area contributed by atoms with E-state index < -0.39 is 5.54 Å². The van der Waals surface area contributed by atoms with Crippen molar-refractivity contribution in [1.82, 2.24) is 5.32 Å². The monoisotopic (exact) mass is 277 g/mol. The van der Waals surface area contributed by atoms with Gasteiger partial charge in [-0.25, -0.2) is 0 Å². The van der Waals surface area contributed by atoms with Crippen LogP contribution in [0.25, 0.3) is 0 Å². The molecule has 1 aromatic carbocycles. The number of nitrogens with zero attached hydrogens (tertiary/aromatic N) is 1. The standard InChI is InChI=1S/C14H16ClN3O/c1-2-14(6-3-7-17-14)13(19)18-12-8-11(15)5-4-10(12)9-16/h4-5,8,17H,2-3,6-7H2,1H3,(H,18,19). The van der Waals surface area contributed by atoms with Gasteiger partial charge in [-0.2, -0.15) is 5.26 Å². The van der Waals surface area contributed by atoms with Crippen molar-refractivity contribution in [2.45, 2.75) is 31.7 Å². The van der Waals surface area contributed by atoms with Gasteiger partial charge in [0.25, 0.3) is 0 Å². The van der Waals surface area contributed by atoms with E-state index in [0.717, 1.165) is 25.8 Å². The first-order valence-electron chi connectivity index (χ1n) is 6.37. The van der Waals surface area contributed by atoms with E-state index in [-0.39, 0.29) is 5.91 Å². The fraction of sp³-hybridized carbons (Fsp3) is 0.429. The van der Waals surface area contributed by atoms with Gasteiger partial charge in [-0.1, -0.05) is 18.5 Å². The molecule has 1 aromatic rings. The molecule has 1 heterocycles. The first-order valence-corrected chi connectivity index (χ1v) is 6.75. The number of halogens is 1. The van der Waals surface area contributed by atoms with Crippen LogP contribution in [0.1, 0.15) is 31.7 Å². The number of nitrogens with one attached hydrogen (secondary N) is 2. The van der Waals surface area contributed by atoms with Crippen molar-refractivity contribution in [3.63, 3.8) is 0 Å². The summed E-state index contributed by atoms with van der Waals surface area (Å²) in [6.07, 6.45) is 2.53. The Hall–Kier alpha value is -1.57. The summed E-state index contributed by atoms with van der Waals surface area (Å²) in [5, 5.41) is 15.6. The molecule has 1 atom stereocenters. The lowest BCUT2D eigenvalue weighted by Crippen LogP contribution is -2.50. The van der Waals surface area contributed by atoms with Gasteiger partial charge < -0.3 is 10.6 Å². The topological polar surface area (TPSA) is 64.9 Å². The third kappa shape index (κ3) is 2.73. The summed E-state index contributed by atoms with van der Waals surface area (Å²) in [5.41, 5.74) is 0.373. The average molecular weight is 278 g/mol. The summed E-state index contributed by atoms with van der Waals surface area (Å²) >= 11 is 5.91. The molecule has 2 rings (SSSR count). The summed E-state index contributed by atoms with van der Waals surface area (Å²) in [6.45, 7) is 2.84. The molecule has 1 saturated heterocycles. The van der Waals surface area contributed by atoms with Crippen molar-refractivity contribution in [3.8, 4) is 6.07 Å². The maximum atomic E-state index is 12.4. The molecule has 1 unspecified atom stereocenters. The minimum Gasteiger partial charge on any atom is -0.323 e. The largest absolute Gasteiger partial charge is 0.323 e. The van der Waals surface area contributed by atoms with Crippen molar-refractivity contribution in [2.75, 3.05) is 11.9 Å². The zero-order chi connectivity index (χ0) is 13.9. The van der Waals surface area contributed by atoms with E-state index in [1.54, 1.807) is 18.2 Å². The predicted octanol–water partition coefficient (Wildman–Crippen LogP) is 2.68. The molecule has 5 heteroatoms. The molecule has 2 N–H and O–H groups in total. The molecule has 0 bridgehead atoms. The van der Waals surface area contributed by atoms with E-state index in [2.05, 4.69) is 16.7 Å². The summed E-state index contributed by atoms with van der Waals surface area (Å²) in [6, 6.07) is 6.91. The van der Waals surface area contributed by atoms with Crippen molar-refractivity contribution in [1.29, 1.82) is 5.26 Å². The van der Waals surface area contributed by atoms with Crippen LogP contribution >= 0.6 is 11.6 Å². The SMILES string of the molecule is CCC1(C(=O)Nc2cc(Cl)ccc2C#N)CCCN1. The highest BCUT2D eigenvalue weighted by Crippen LogP contribution is 2.27. The van der Waals surface area contributed by atoms with E-state index in [1.807, 2.05) is 6.92 Å². The zero-order valence-electron chi connectivity index (χ0n) is 10.8. The van der Waals surface area contributed by atoms with Crippen molar-refractivity contribution in [2.24, 2.45) is 0 Å². The van der Waals surface area contributed by atoms with Crippen LogP contribution in [-0.2, 0) is 4.79 Å². The molecule has 1 amide bonds. The van der Waals surface area contributed by atoms with Crippen molar-refractivity contribution in [3.05, 3.63) is 28.8 Å². The molecule has 1 fully saturated rings. The predicted molar refractivity (Wildman–Crippen MR) is 75.1 cm³/mol. The number of nitriles is 1. The van der Waals surface area contributed by atoms with Gasteiger partial charge in [0.2, 0.25) is 5.91 Å². The molecule has 0 aromatic heterocycles. The summed E-state index contributed by atoms with van der Waals surface area (Å²) in [5.74, 6) is -0.0914. The smallest absolute Gasteiger partial charge is 0.244 e. The van der Waals surface area contributed by atoms with E-state index in [1.165, 1.54) is 0 Å². The van der Waals surface area contributed by atoms with Crippen LogP contribution in [0.5, 0.6) is 0 Å². The van der Waals surface area contributed by atoms with Gasteiger partial charge in [-0.05, 0) is 44.0 Å². The zero-order valence-corrected chi connectivity index (χ0v) is 11.5. The van der Waals surface area contributed by atoms with Crippen LogP contribution in [-0.4, -0.2) is 18.0 Å². The number of anilines is 1. The third-order valence-electron chi connectivity index (χ3n) is 3.63. The normalized spacial score (nSPS) is 21.9. The second-order valence-electron chi connectivity index (χ2n) is 4.72. The fourth-order valence-corrected chi connectivity index (χ4v) is 2.59. The number of hydrogen-bond donors (Lipinski definition) is 2. The minimum absolute atomic E-state index is 0.0914. The number of hydrogen-bond acceptors (Lipinski definition) is 3. The van der Waals surface area contributed by atoms with Gasteiger partial charge in [0, 0.05) is 5.02 Å². The van der Waals surface area contributed by atoms with Crippen molar-refractivity contribution >= 4 is 23.2 Å². The molecular weight excluding hydrogens is 262 g/mol. The summed E-state index contributed by atoms with van der Waals surface area (Å²) in [7, 11) is 0. The second kappa shape index (κ2) is 5.60. The Morgan fingerprint density at radius 3 is 3.00 bits per heavy atom. The van der Waals surface area contributed by atoms with Gasteiger partial charge in [0.15, 0.2) is 0 Å². The van der Waals surface area contributed by atoms with Crippen molar-refractivity contribution < 1.29 is 4.79 Å². The average Bonchev–Trinajstić information content (AvgIpc) is 2.89. The molecule has 0 radical (unpaired) electrons. The first kappa shape index (κ1) is 13.9. The highest BCUT2D eigenvalue weighted by molar-refractivity contribution is 6.31. The lowest BCUT2D eigenvalue weighted by atomic mass is 9.93. The molecule has 0 saturated carbocycles. The number of benzene rings is 1. The Balaban J connectivity index is 2.24. The van der Waals surface area contributed by atoms with E-state index in [4.69, 9.17) is 16.9 Å². The molecule has 0 spiro atoms. The summed E-state index contributed by atoms with van der Waals surface area (Å²) < 4.78 is 0. The maximum Gasteiger partial charge on any atom is 0.244 e. The Labute approximate surface area is 117 Å². The number of carbonyl (C=O) groups is 1.